The van der Waals surface area contributed by atoms with Crippen LogP contribution in [0, 0.1) is 0 Å². The lowest BCUT2D eigenvalue weighted by molar-refractivity contribution is -0.152. The summed E-state index contributed by atoms with van der Waals surface area (Å²) < 4.78 is 7.48. The fraction of sp³-hybridized carbons (Fsp3) is 0.379. The molecule has 4 heterocycles. The monoisotopic (exact) mass is 483 g/mol. The summed E-state index contributed by atoms with van der Waals surface area (Å²) in [5, 5.41) is 5.06. The van der Waals surface area contributed by atoms with Crippen molar-refractivity contribution in [3.8, 4) is 0 Å². The summed E-state index contributed by atoms with van der Waals surface area (Å²) >= 11 is 0. The van der Waals surface area contributed by atoms with E-state index >= 15 is 0 Å². The molecule has 0 radical (unpaired) electrons. The Hall–Kier alpha value is -3.42. The third kappa shape index (κ3) is 4.22. The largest absolute Gasteiger partial charge is 0.468 e. The first-order chi connectivity index (χ1) is 17.7. The fourth-order valence-corrected chi connectivity index (χ4v) is 6.30. The first kappa shape index (κ1) is 23.0. The maximum absolute atomic E-state index is 13.2. The molecule has 186 valence electrons. The minimum Gasteiger partial charge on any atom is -0.468 e. The van der Waals surface area contributed by atoms with Crippen molar-refractivity contribution in [2.24, 2.45) is 0 Å². The van der Waals surface area contributed by atoms with E-state index in [4.69, 9.17) is 4.74 Å². The van der Waals surface area contributed by atoms with E-state index in [-0.39, 0.29) is 24.1 Å². The van der Waals surface area contributed by atoms with Gasteiger partial charge in [-0.2, -0.15) is 0 Å². The Labute approximate surface area is 211 Å². The quantitative estimate of drug-likeness (QED) is 0.301. The standard InChI is InChI=1S/C29H33N5O2/c1-36-29(35)27-18-23-22-10-5-6-11-24(22)32-28(23)26-17-21(31-12-7-14-33-15-13-30-19-33)16-25(34(26)27)20-8-3-2-4-9-20/h2-6,8-11,13,15,19,21,25-27,31-32H,7,12,14,16-18H2,1H3. The van der Waals surface area contributed by atoms with Crippen LogP contribution < -0.4 is 5.32 Å². The third-order valence-electron chi connectivity index (χ3n) is 7.92. The molecule has 0 spiro atoms. The van der Waals surface area contributed by atoms with Gasteiger partial charge in [0.2, 0.25) is 0 Å². The Balaban J connectivity index is 1.34. The molecule has 4 atom stereocenters. The molecule has 7 nitrogen and oxygen atoms in total. The number of esters is 1. The maximum Gasteiger partial charge on any atom is 0.323 e. The number of nitrogens with one attached hydrogen (secondary N) is 2. The second kappa shape index (κ2) is 9.91. The van der Waals surface area contributed by atoms with E-state index < -0.39 is 0 Å². The summed E-state index contributed by atoms with van der Waals surface area (Å²) in [5.74, 6) is -0.149. The van der Waals surface area contributed by atoms with Crippen LogP contribution in [0.15, 0.2) is 73.3 Å². The molecule has 0 saturated carbocycles. The smallest absolute Gasteiger partial charge is 0.323 e. The number of aryl methyl sites for hydroxylation is 1. The molecule has 0 aliphatic carbocycles. The molecule has 1 saturated heterocycles. The van der Waals surface area contributed by atoms with Crippen molar-refractivity contribution in [2.45, 2.75) is 56.4 Å². The molecule has 4 unspecified atom stereocenters. The van der Waals surface area contributed by atoms with Gasteiger partial charge in [0.05, 0.1) is 19.5 Å². The number of aromatic nitrogens is 3. The topological polar surface area (TPSA) is 75.2 Å². The molecule has 0 bridgehead atoms. The van der Waals surface area contributed by atoms with Crippen molar-refractivity contribution in [1.29, 1.82) is 0 Å². The number of rotatable bonds is 7. The van der Waals surface area contributed by atoms with E-state index in [0.717, 1.165) is 37.9 Å². The van der Waals surface area contributed by atoms with E-state index in [1.807, 2.05) is 18.7 Å². The first-order valence-electron chi connectivity index (χ1n) is 12.9. The molecular weight excluding hydrogens is 450 g/mol. The van der Waals surface area contributed by atoms with Crippen molar-refractivity contribution in [3.05, 3.63) is 90.1 Å². The molecule has 2 aliphatic rings. The number of methoxy groups -OCH3 is 1. The molecule has 0 amide bonds. The number of fused-ring (bicyclic) bond motifs is 5. The van der Waals surface area contributed by atoms with Gasteiger partial charge < -0.3 is 19.6 Å². The van der Waals surface area contributed by atoms with Crippen molar-refractivity contribution < 1.29 is 9.53 Å². The number of hydrogen-bond donors (Lipinski definition) is 2. The zero-order valence-electron chi connectivity index (χ0n) is 20.6. The van der Waals surface area contributed by atoms with Crippen LogP contribution in [0.1, 0.15) is 48.2 Å². The van der Waals surface area contributed by atoms with Crippen LogP contribution in [0.4, 0.5) is 0 Å². The number of hydrogen-bond acceptors (Lipinski definition) is 5. The lowest BCUT2D eigenvalue weighted by Gasteiger charge is -2.50. The number of benzene rings is 2. The van der Waals surface area contributed by atoms with Crippen LogP contribution in [-0.2, 0) is 22.5 Å². The minimum atomic E-state index is -0.306. The Morgan fingerprint density at radius 2 is 1.92 bits per heavy atom. The van der Waals surface area contributed by atoms with Crippen molar-refractivity contribution >= 4 is 16.9 Å². The number of H-pyrrole nitrogens is 1. The molecule has 36 heavy (non-hydrogen) atoms. The van der Waals surface area contributed by atoms with Gasteiger partial charge in [0.15, 0.2) is 0 Å². The van der Waals surface area contributed by atoms with Gasteiger partial charge in [-0.15, -0.1) is 0 Å². The first-order valence-corrected chi connectivity index (χ1v) is 12.9. The third-order valence-corrected chi connectivity index (χ3v) is 7.92. The fourth-order valence-electron chi connectivity index (χ4n) is 6.30. The van der Waals surface area contributed by atoms with E-state index in [9.17, 15) is 4.79 Å². The second-order valence-corrected chi connectivity index (χ2v) is 9.97. The van der Waals surface area contributed by atoms with Gasteiger partial charge in [-0.25, -0.2) is 4.98 Å². The number of carbonyl (C=O) groups is 1. The summed E-state index contributed by atoms with van der Waals surface area (Å²) in [6, 6.07) is 19.3. The molecule has 6 rings (SSSR count). The summed E-state index contributed by atoms with van der Waals surface area (Å²) in [5.41, 5.74) is 4.90. The zero-order valence-corrected chi connectivity index (χ0v) is 20.6. The Bertz CT molecular complexity index is 1320. The van der Waals surface area contributed by atoms with Crippen molar-refractivity contribution in [3.63, 3.8) is 0 Å². The minimum absolute atomic E-state index is 0.107. The summed E-state index contributed by atoms with van der Waals surface area (Å²) in [4.78, 5) is 23.5. The molecule has 2 aromatic carbocycles. The highest BCUT2D eigenvalue weighted by molar-refractivity contribution is 5.87. The molecule has 2 aliphatic heterocycles. The predicted molar refractivity (Wildman–Crippen MR) is 139 cm³/mol. The molecule has 2 aromatic heterocycles. The Morgan fingerprint density at radius 3 is 2.72 bits per heavy atom. The number of aromatic amines is 1. The summed E-state index contributed by atoms with van der Waals surface area (Å²) in [6.45, 7) is 1.89. The van der Waals surface area contributed by atoms with E-state index in [1.165, 1.54) is 29.3 Å². The number of ether oxygens (including phenoxy) is 1. The van der Waals surface area contributed by atoms with Gasteiger partial charge >= 0.3 is 5.97 Å². The number of nitrogens with zero attached hydrogens (tertiary/aromatic N) is 3. The van der Waals surface area contributed by atoms with Crippen LogP contribution in [0.3, 0.4) is 0 Å². The number of piperidine rings is 1. The lowest BCUT2D eigenvalue weighted by atomic mass is 9.79. The molecule has 2 N–H and O–H groups in total. The van der Waals surface area contributed by atoms with Gasteiger partial charge in [0.25, 0.3) is 0 Å². The molecular formula is C29H33N5O2. The molecule has 1 fully saturated rings. The maximum atomic E-state index is 13.2. The van der Waals surface area contributed by atoms with Gasteiger partial charge in [0, 0.05) is 54.0 Å². The molecule has 7 heteroatoms. The average molecular weight is 484 g/mol. The van der Waals surface area contributed by atoms with Gasteiger partial charge in [-0.1, -0.05) is 48.5 Å². The summed E-state index contributed by atoms with van der Waals surface area (Å²) in [6.07, 6.45) is 9.31. The summed E-state index contributed by atoms with van der Waals surface area (Å²) in [7, 11) is 1.51. The Kier molecular flexibility index (Phi) is 6.34. The van der Waals surface area contributed by atoms with Gasteiger partial charge in [0.1, 0.15) is 6.04 Å². The van der Waals surface area contributed by atoms with Crippen LogP contribution in [0.2, 0.25) is 0 Å². The van der Waals surface area contributed by atoms with Crippen LogP contribution in [-0.4, -0.2) is 51.1 Å². The highest BCUT2D eigenvalue weighted by Crippen LogP contribution is 2.48. The second-order valence-electron chi connectivity index (χ2n) is 9.97. The normalized spacial score (nSPS) is 23.8. The SMILES string of the molecule is COC(=O)C1Cc2c([nH]c3ccccc23)C2CC(NCCCn3ccnc3)CC(c3ccccc3)N12. The number of para-hydroxylation sites is 1. The van der Waals surface area contributed by atoms with E-state index in [2.05, 4.69) is 79.3 Å². The van der Waals surface area contributed by atoms with Crippen LogP contribution in [0.5, 0.6) is 0 Å². The highest BCUT2D eigenvalue weighted by atomic mass is 16.5. The highest BCUT2D eigenvalue weighted by Gasteiger charge is 2.48. The predicted octanol–water partition coefficient (Wildman–Crippen LogP) is 4.39. The Morgan fingerprint density at radius 1 is 1.11 bits per heavy atom. The number of imidazole rings is 1. The lowest BCUT2D eigenvalue weighted by Crippen LogP contribution is -2.55. The van der Waals surface area contributed by atoms with Crippen molar-refractivity contribution in [2.75, 3.05) is 13.7 Å². The molecule has 4 aromatic rings. The van der Waals surface area contributed by atoms with Gasteiger partial charge in [-0.05, 0) is 43.0 Å². The number of carbonyl (C=O) groups excluding carboxylic acids is 1. The van der Waals surface area contributed by atoms with E-state index in [1.54, 1.807) is 0 Å². The van der Waals surface area contributed by atoms with Crippen LogP contribution in [0.25, 0.3) is 10.9 Å². The average Bonchev–Trinajstić information content (AvgIpc) is 3.58. The van der Waals surface area contributed by atoms with Gasteiger partial charge in [-0.3, -0.25) is 9.69 Å². The van der Waals surface area contributed by atoms with Crippen molar-refractivity contribution in [1.82, 2.24) is 24.8 Å². The van der Waals surface area contributed by atoms with E-state index in [0.29, 0.717) is 12.5 Å². The zero-order chi connectivity index (χ0) is 24.5. The van der Waals surface area contributed by atoms with Crippen LogP contribution >= 0.6 is 0 Å².